The van der Waals surface area contributed by atoms with Gasteiger partial charge < -0.3 is 19.6 Å². The van der Waals surface area contributed by atoms with Crippen molar-refractivity contribution in [2.45, 2.75) is 20.3 Å². The number of nitrogens with one attached hydrogen (secondary N) is 1. The predicted octanol–water partition coefficient (Wildman–Crippen LogP) is 5.38. The van der Waals surface area contributed by atoms with Crippen LogP contribution in [0.1, 0.15) is 30.0 Å². The first-order valence-electron chi connectivity index (χ1n) is 10.6. The van der Waals surface area contributed by atoms with Gasteiger partial charge in [-0.05, 0) is 50.2 Å². The standard InChI is InChI=1S/C24H26Cl2N4O3/c1-5-30(6-2)16-12-10-15(11-13-16)27-24(32)22-19(14-20(31)29(3)4)33-28-23(22)21-17(25)8-7-9-18(21)26/h7-13H,5-6,14H2,1-4H3,(H,27,32). The Bertz CT molecular complexity index is 1120. The van der Waals surface area contributed by atoms with Gasteiger partial charge in [0.05, 0.1) is 16.5 Å². The number of halogens is 2. The van der Waals surface area contributed by atoms with Crippen LogP contribution in [0.3, 0.4) is 0 Å². The van der Waals surface area contributed by atoms with Gasteiger partial charge >= 0.3 is 0 Å². The van der Waals surface area contributed by atoms with Crippen LogP contribution in [-0.2, 0) is 11.2 Å². The number of hydrogen-bond donors (Lipinski definition) is 1. The lowest BCUT2D eigenvalue weighted by Crippen LogP contribution is -2.24. The molecular weight excluding hydrogens is 463 g/mol. The summed E-state index contributed by atoms with van der Waals surface area (Å²) in [6.45, 7) is 5.94. The van der Waals surface area contributed by atoms with Gasteiger partial charge in [0.2, 0.25) is 5.91 Å². The molecule has 1 heterocycles. The van der Waals surface area contributed by atoms with E-state index in [4.69, 9.17) is 27.7 Å². The van der Waals surface area contributed by atoms with Crippen LogP contribution in [0.2, 0.25) is 10.0 Å². The minimum Gasteiger partial charge on any atom is -0.372 e. The van der Waals surface area contributed by atoms with Gasteiger partial charge in [0.25, 0.3) is 5.91 Å². The second kappa shape index (κ2) is 10.7. The molecule has 174 valence electrons. The summed E-state index contributed by atoms with van der Waals surface area (Å²) in [4.78, 5) is 29.3. The van der Waals surface area contributed by atoms with Crippen molar-refractivity contribution in [2.24, 2.45) is 0 Å². The fourth-order valence-corrected chi connectivity index (χ4v) is 3.98. The summed E-state index contributed by atoms with van der Waals surface area (Å²) >= 11 is 12.7. The van der Waals surface area contributed by atoms with E-state index in [0.29, 0.717) is 21.3 Å². The molecule has 0 unspecified atom stereocenters. The molecule has 2 aromatic carbocycles. The second-order valence-electron chi connectivity index (χ2n) is 7.56. The van der Waals surface area contributed by atoms with E-state index in [1.165, 1.54) is 4.90 Å². The Labute approximate surface area is 203 Å². The van der Waals surface area contributed by atoms with Crippen LogP contribution >= 0.6 is 23.2 Å². The number of nitrogens with zero attached hydrogens (tertiary/aromatic N) is 3. The number of anilines is 2. The molecule has 0 aliphatic carbocycles. The zero-order valence-corrected chi connectivity index (χ0v) is 20.5. The Morgan fingerprint density at radius 1 is 1.00 bits per heavy atom. The van der Waals surface area contributed by atoms with Crippen LogP contribution < -0.4 is 10.2 Å². The Balaban J connectivity index is 1.99. The van der Waals surface area contributed by atoms with Crippen molar-refractivity contribution in [3.8, 4) is 11.3 Å². The maximum atomic E-state index is 13.4. The average molecular weight is 489 g/mol. The van der Waals surface area contributed by atoms with Crippen molar-refractivity contribution < 1.29 is 14.1 Å². The van der Waals surface area contributed by atoms with Gasteiger partial charge in [0.15, 0.2) is 5.76 Å². The maximum Gasteiger partial charge on any atom is 0.261 e. The van der Waals surface area contributed by atoms with Gasteiger partial charge in [-0.2, -0.15) is 0 Å². The van der Waals surface area contributed by atoms with Gasteiger partial charge in [-0.1, -0.05) is 34.4 Å². The number of aromatic nitrogens is 1. The largest absolute Gasteiger partial charge is 0.372 e. The number of amides is 2. The number of benzene rings is 2. The molecule has 0 saturated heterocycles. The first kappa shape index (κ1) is 24.6. The molecule has 9 heteroatoms. The fraction of sp³-hybridized carbons (Fsp3) is 0.292. The average Bonchev–Trinajstić information content (AvgIpc) is 3.18. The van der Waals surface area contributed by atoms with Crippen LogP contribution in [0.5, 0.6) is 0 Å². The van der Waals surface area contributed by atoms with Crippen LogP contribution in [-0.4, -0.2) is 49.1 Å². The van der Waals surface area contributed by atoms with E-state index in [0.717, 1.165) is 18.8 Å². The van der Waals surface area contributed by atoms with E-state index in [1.54, 1.807) is 32.3 Å². The Hall–Kier alpha value is -3.03. The molecule has 0 aliphatic heterocycles. The highest BCUT2D eigenvalue weighted by molar-refractivity contribution is 6.39. The molecule has 0 radical (unpaired) electrons. The minimum absolute atomic E-state index is 0.119. The minimum atomic E-state index is -0.473. The zero-order chi connectivity index (χ0) is 24.1. The number of likely N-dealkylation sites (N-methyl/N-ethyl adjacent to an activating group) is 1. The number of carbonyl (C=O) groups is 2. The molecule has 2 amide bonds. The molecule has 33 heavy (non-hydrogen) atoms. The van der Waals surface area contributed by atoms with E-state index in [-0.39, 0.29) is 29.3 Å². The van der Waals surface area contributed by atoms with Crippen LogP contribution in [0.25, 0.3) is 11.3 Å². The third kappa shape index (κ3) is 5.49. The van der Waals surface area contributed by atoms with Crippen LogP contribution in [0.15, 0.2) is 47.0 Å². The third-order valence-electron chi connectivity index (χ3n) is 5.25. The summed E-state index contributed by atoms with van der Waals surface area (Å²) < 4.78 is 5.44. The fourth-order valence-electron chi connectivity index (χ4n) is 3.41. The van der Waals surface area contributed by atoms with E-state index >= 15 is 0 Å². The van der Waals surface area contributed by atoms with Crippen molar-refractivity contribution in [3.63, 3.8) is 0 Å². The summed E-state index contributed by atoms with van der Waals surface area (Å²) in [5, 5.41) is 7.57. The van der Waals surface area contributed by atoms with E-state index in [9.17, 15) is 9.59 Å². The highest BCUT2D eigenvalue weighted by Gasteiger charge is 2.28. The highest BCUT2D eigenvalue weighted by atomic mass is 35.5. The third-order valence-corrected chi connectivity index (χ3v) is 5.88. The number of hydrogen-bond acceptors (Lipinski definition) is 5. The van der Waals surface area contributed by atoms with Crippen molar-refractivity contribution >= 4 is 46.4 Å². The summed E-state index contributed by atoms with van der Waals surface area (Å²) in [6, 6.07) is 12.5. The smallest absolute Gasteiger partial charge is 0.261 e. The molecule has 0 fully saturated rings. The molecule has 3 rings (SSSR count). The highest BCUT2D eigenvalue weighted by Crippen LogP contribution is 2.37. The van der Waals surface area contributed by atoms with E-state index in [2.05, 4.69) is 29.2 Å². The zero-order valence-electron chi connectivity index (χ0n) is 19.0. The molecule has 0 saturated carbocycles. The summed E-state index contributed by atoms with van der Waals surface area (Å²) in [6.07, 6.45) is -0.133. The van der Waals surface area contributed by atoms with Crippen molar-refractivity contribution in [2.75, 3.05) is 37.4 Å². The quantitative estimate of drug-likeness (QED) is 0.460. The van der Waals surface area contributed by atoms with Crippen LogP contribution in [0, 0.1) is 0 Å². The topological polar surface area (TPSA) is 78.7 Å². The molecule has 0 atom stereocenters. The van der Waals surface area contributed by atoms with Crippen molar-refractivity contribution in [1.82, 2.24) is 10.1 Å². The molecule has 1 aromatic heterocycles. The maximum absolute atomic E-state index is 13.4. The Kier molecular flexibility index (Phi) is 8.00. The Morgan fingerprint density at radius 2 is 1.61 bits per heavy atom. The first-order chi connectivity index (χ1) is 15.8. The van der Waals surface area contributed by atoms with Gasteiger partial charge in [-0.3, -0.25) is 9.59 Å². The lowest BCUT2D eigenvalue weighted by atomic mass is 10.0. The van der Waals surface area contributed by atoms with Gasteiger partial charge in [0.1, 0.15) is 11.3 Å². The summed E-state index contributed by atoms with van der Waals surface area (Å²) in [7, 11) is 3.25. The molecule has 0 aliphatic rings. The predicted molar refractivity (Wildman–Crippen MR) is 132 cm³/mol. The molecule has 7 nitrogen and oxygen atoms in total. The lowest BCUT2D eigenvalue weighted by molar-refractivity contribution is -0.128. The monoisotopic (exact) mass is 488 g/mol. The van der Waals surface area contributed by atoms with Gasteiger partial charge in [-0.25, -0.2) is 0 Å². The van der Waals surface area contributed by atoms with Crippen molar-refractivity contribution in [3.05, 3.63) is 63.8 Å². The summed E-state index contributed by atoms with van der Waals surface area (Å²) in [5.41, 5.74) is 2.33. The second-order valence-corrected chi connectivity index (χ2v) is 8.38. The molecule has 1 N–H and O–H groups in total. The first-order valence-corrected chi connectivity index (χ1v) is 11.3. The van der Waals surface area contributed by atoms with Gasteiger partial charge in [-0.15, -0.1) is 0 Å². The van der Waals surface area contributed by atoms with Crippen molar-refractivity contribution in [1.29, 1.82) is 0 Å². The number of carbonyl (C=O) groups excluding carboxylic acids is 2. The number of rotatable bonds is 8. The molecule has 0 spiro atoms. The van der Waals surface area contributed by atoms with E-state index in [1.807, 2.05) is 24.3 Å². The van der Waals surface area contributed by atoms with E-state index < -0.39 is 5.91 Å². The lowest BCUT2D eigenvalue weighted by Gasteiger charge is -2.21. The molecular formula is C24H26Cl2N4O3. The van der Waals surface area contributed by atoms with Gasteiger partial charge in [0, 0.05) is 44.1 Å². The Morgan fingerprint density at radius 3 is 2.15 bits per heavy atom. The molecule has 3 aromatic rings. The normalized spacial score (nSPS) is 10.7. The van der Waals surface area contributed by atoms with Crippen LogP contribution in [0.4, 0.5) is 11.4 Å². The summed E-state index contributed by atoms with van der Waals surface area (Å²) in [5.74, 6) is -0.572. The SMILES string of the molecule is CCN(CC)c1ccc(NC(=O)c2c(-c3c(Cl)cccc3Cl)noc2CC(=O)N(C)C)cc1. The molecule has 0 bridgehead atoms.